The molecule has 1 unspecified atom stereocenters. The maximum Gasteiger partial charge on any atom is 0.256 e. The van der Waals surface area contributed by atoms with Gasteiger partial charge in [0.25, 0.3) is 5.91 Å². The van der Waals surface area contributed by atoms with Crippen LogP contribution in [0.2, 0.25) is 0 Å². The third-order valence-electron chi connectivity index (χ3n) is 4.80. The Morgan fingerprint density at radius 3 is 2.80 bits per heavy atom. The molecule has 3 aromatic rings. The lowest BCUT2D eigenvalue weighted by atomic mass is 10.1. The molecule has 1 aromatic carbocycles. The van der Waals surface area contributed by atoms with Crippen molar-refractivity contribution in [1.82, 2.24) is 14.9 Å². The van der Waals surface area contributed by atoms with Crippen LogP contribution in [0.25, 0.3) is 10.9 Å². The van der Waals surface area contributed by atoms with Crippen LogP contribution < -0.4 is 4.90 Å². The number of carbonyl (C=O) groups excluding carboxylic acids is 1. The largest absolute Gasteiger partial charge is 0.365 e. The molecule has 6 heteroatoms. The number of piperazine rings is 1. The van der Waals surface area contributed by atoms with E-state index in [1.807, 2.05) is 17.0 Å². The molecule has 0 radical (unpaired) electrons. The first kappa shape index (κ1) is 15.6. The summed E-state index contributed by atoms with van der Waals surface area (Å²) >= 11 is 0. The van der Waals surface area contributed by atoms with Crippen molar-refractivity contribution in [3.8, 4) is 0 Å². The van der Waals surface area contributed by atoms with Gasteiger partial charge in [0.15, 0.2) is 0 Å². The van der Waals surface area contributed by atoms with E-state index in [9.17, 15) is 9.18 Å². The summed E-state index contributed by atoms with van der Waals surface area (Å²) in [5, 5.41) is 0.634. The standard InChI is InChI=1S/C19H19FN4O/c1-13-12-23(9-10-24(13)14-5-7-21-8-6-14)19(25)16-11-22-18-15(16)3-2-4-17(18)20/h2-8,11,13,22H,9-10,12H2,1H3. The molecule has 25 heavy (non-hydrogen) atoms. The zero-order valence-corrected chi connectivity index (χ0v) is 13.9. The predicted octanol–water partition coefficient (Wildman–Crippen LogP) is 3.05. The first-order valence-electron chi connectivity index (χ1n) is 8.36. The third kappa shape index (κ3) is 2.73. The number of nitrogens with zero attached hydrogens (tertiary/aromatic N) is 3. The summed E-state index contributed by atoms with van der Waals surface area (Å²) in [6.45, 7) is 4.12. The van der Waals surface area contributed by atoms with Crippen LogP contribution in [0.4, 0.5) is 10.1 Å². The molecule has 1 atom stereocenters. The number of aromatic nitrogens is 2. The minimum atomic E-state index is -0.340. The van der Waals surface area contributed by atoms with Gasteiger partial charge >= 0.3 is 0 Å². The Balaban J connectivity index is 1.55. The van der Waals surface area contributed by atoms with Crippen molar-refractivity contribution in [3.63, 3.8) is 0 Å². The van der Waals surface area contributed by atoms with Gasteiger partial charge in [-0.15, -0.1) is 0 Å². The molecule has 0 spiro atoms. The fourth-order valence-electron chi connectivity index (χ4n) is 3.53. The van der Waals surface area contributed by atoms with Gasteiger partial charge in [-0.1, -0.05) is 12.1 Å². The Labute approximate surface area is 145 Å². The second-order valence-electron chi connectivity index (χ2n) is 6.36. The molecule has 1 N–H and O–H groups in total. The highest BCUT2D eigenvalue weighted by atomic mass is 19.1. The highest BCUT2D eigenvalue weighted by molar-refractivity contribution is 6.06. The highest BCUT2D eigenvalue weighted by Crippen LogP contribution is 2.24. The van der Waals surface area contributed by atoms with Crippen LogP contribution in [0.3, 0.4) is 0 Å². The number of nitrogens with one attached hydrogen (secondary N) is 1. The number of hydrogen-bond acceptors (Lipinski definition) is 3. The number of fused-ring (bicyclic) bond motifs is 1. The summed E-state index contributed by atoms with van der Waals surface area (Å²) < 4.78 is 13.8. The SMILES string of the molecule is CC1CN(C(=O)c2c[nH]c3c(F)cccc23)CCN1c1ccncc1. The van der Waals surface area contributed by atoms with Crippen molar-refractivity contribution in [1.29, 1.82) is 0 Å². The summed E-state index contributed by atoms with van der Waals surface area (Å²) in [6, 6.07) is 8.96. The van der Waals surface area contributed by atoms with Crippen LogP contribution in [0, 0.1) is 5.82 Å². The van der Waals surface area contributed by atoms with Crippen LogP contribution in [0.1, 0.15) is 17.3 Å². The Morgan fingerprint density at radius 1 is 1.24 bits per heavy atom. The molecule has 128 valence electrons. The quantitative estimate of drug-likeness (QED) is 0.781. The van der Waals surface area contributed by atoms with Crippen molar-refractivity contribution >= 4 is 22.5 Å². The van der Waals surface area contributed by atoms with E-state index in [-0.39, 0.29) is 17.8 Å². The monoisotopic (exact) mass is 338 g/mol. The van der Waals surface area contributed by atoms with Crippen molar-refractivity contribution in [2.75, 3.05) is 24.5 Å². The van der Waals surface area contributed by atoms with Crippen LogP contribution >= 0.6 is 0 Å². The molecule has 4 rings (SSSR count). The highest BCUT2D eigenvalue weighted by Gasteiger charge is 2.28. The molecule has 5 nitrogen and oxygen atoms in total. The summed E-state index contributed by atoms with van der Waals surface area (Å²) in [4.78, 5) is 24.0. The number of aromatic amines is 1. The smallest absolute Gasteiger partial charge is 0.256 e. The summed E-state index contributed by atoms with van der Waals surface area (Å²) in [5.41, 5.74) is 2.03. The molecule has 1 amide bonds. The molecule has 1 fully saturated rings. The normalized spacial score (nSPS) is 17.9. The second-order valence-corrected chi connectivity index (χ2v) is 6.36. The fourth-order valence-corrected chi connectivity index (χ4v) is 3.53. The van der Waals surface area contributed by atoms with Crippen molar-refractivity contribution < 1.29 is 9.18 Å². The maximum absolute atomic E-state index is 13.8. The average Bonchev–Trinajstić information content (AvgIpc) is 3.07. The Bertz CT molecular complexity index is 908. The van der Waals surface area contributed by atoms with Crippen LogP contribution in [-0.2, 0) is 0 Å². The van der Waals surface area contributed by atoms with Crippen molar-refractivity contribution in [3.05, 3.63) is 60.3 Å². The van der Waals surface area contributed by atoms with Gasteiger partial charge in [-0.05, 0) is 25.1 Å². The van der Waals surface area contributed by atoms with Crippen molar-refractivity contribution in [2.24, 2.45) is 0 Å². The molecule has 1 aliphatic heterocycles. The van der Waals surface area contributed by atoms with E-state index in [0.29, 0.717) is 29.6 Å². The fraction of sp³-hybridized carbons (Fsp3) is 0.263. The molecule has 2 aromatic heterocycles. The van der Waals surface area contributed by atoms with Gasteiger partial charge < -0.3 is 14.8 Å². The zero-order valence-electron chi connectivity index (χ0n) is 13.9. The summed E-state index contributed by atoms with van der Waals surface area (Å²) in [6.07, 6.45) is 5.16. The molecule has 1 saturated heterocycles. The Hall–Kier alpha value is -2.89. The zero-order chi connectivity index (χ0) is 17.4. The predicted molar refractivity (Wildman–Crippen MR) is 95.2 cm³/mol. The van der Waals surface area contributed by atoms with Gasteiger partial charge in [-0.25, -0.2) is 4.39 Å². The molecule has 3 heterocycles. The van der Waals surface area contributed by atoms with E-state index in [4.69, 9.17) is 0 Å². The van der Waals surface area contributed by atoms with Crippen LogP contribution in [-0.4, -0.2) is 46.5 Å². The first-order chi connectivity index (χ1) is 12.1. The Morgan fingerprint density at radius 2 is 2.04 bits per heavy atom. The Kier molecular flexibility index (Phi) is 3.87. The number of para-hydroxylation sites is 1. The lowest BCUT2D eigenvalue weighted by Crippen LogP contribution is -2.53. The molecule has 0 bridgehead atoms. The van der Waals surface area contributed by atoms with Crippen LogP contribution in [0.15, 0.2) is 48.9 Å². The number of hydrogen-bond donors (Lipinski definition) is 1. The minimum absolute atomic E-state index is 0.0573. The lowest BCUT2D eigenvalue weighted by Gasteiger charge is -2.41. The number of carbonyl (C=O) groups is 1. The summed E-state index contributed by atoms with van der Waals surface area (Å²) in [5.74, 6) is -0.398. The molecule has 1 aliphatic rings. The number of amides is 1. The van der Waals surface area contributed by atoms with Crippen LogP contribution in [0.5, 0.6) is 0 Å². The van der Waals surface area contributed by atoms with E-state index in [1.54, 1.807) is 30.7 Å². The molecule has 0 aliphatic carbocycles. The van der Waals surface area contributed by atoms with E-state index in [1.165, 1.54) is 6.07 Å². The van der Waals surface area contributed by atoms with E-state index >= 15 is 0 Å². The number of anilines is 1. The lowest BCUT2D eigenvalue weighted by molar-refractivity contribution is 0.0728. The van der Waals surface area contributed by atoms with Crippen molar-refractivity contribution in [2.45, 2.75) is 13.0 Å². The van der Waals surface area contributed by atoms with Gasteiger partial charge in [0, 0.05) is 55.3 Å². The van der Waals surface area contributed by atoms with Gasteiger partial charge in [-0.2, -0.15) is 0 Å². The van der Waals surface area contributed by atoms with Gasteiger partial charge in [0.1, 0.15) is 5.82 Å². The van der Waals surface area contributed by atoms with E-state index in [2.05, 4.69) is 21.8 Å². The molecule has 0 saturated carbocycles. The average molecular weight is 338 g/mol. The minimum Gasteiger partial charge on any atom is -0.365 e. The number of benzene rings is 1. The topological polar surface area (TPSA) is 52.2 Å². The van der Waals surface area contributed by atoms with Gasteiger partial charge in [0.2, 0.25) is 0 Å². The number of rotatable bonds is 2. The summed E-state index contributed by atoms with van der Waals surface area (Å²) in [7, 11) is 0. The van der Waals surface area contributed by atoms with E-state index < -0.39 is 0 Å². The third-order valence-corrected chi connectivity index (χ3v) is 4.80. The molecular weight excluding hydrogens is 319 g/mol. The molecular formula is C19H19FN4O. The number of pyridine rings is 1. The number of H-pyrrole nitrogens is 1. The maximum atomic E-state index is 13.8. The second kappa shape index (κ2) is 6.20. The first-order valence-corrected chi connectivity index (χ1v) is 8.36. The van der Waals surface area contributed by atoms with E-state index in [0.717, 1.165) is 12.2 Å². The van der Waals surface area contributed by atoms with Gasteiger partial charge in [0.05, 0.1) is 11.1 Å². The van der Waals surface area contributed by atoms with Gasteiger partial charge in [-0.3, -0.25) is 9.78 Å². The number of halogens is 1.